The zero-order valence-corrected chi connectivity index (χ0v) is 9.97. The number of rotatable bonds is 2. The van der Waals surface area contributed by atoms with Crippen molar-refractivity contribution in [2.75, 3.05) is 0 Å². The van der Waals surface area contributed by atoms with Gasteiger partial charge in [-0.3, -0.25) is 9.59 Å². The molecule has 0 unspecified atom stereocenters. The molecule has 0 saturated carbocycles. The molecule has 1 heterocycles. The van der Waals surface area contributed by atoms with Crippen molar-refractivity contribution in [1.29, 1.82) is 0 Å². The zero-order valence-electron chi connectivity index (χ0n) is 9.15. The molecule has 2 rings (SSSR count). The van der Waals surface area contributed by atoms with Gasteiger partial charge in [-0.25, -0.2) is 0 Å². The van der Waals surface area contributed by atoms with E-state index < -0.39 is 28.2 Å². The molecule has 100 valence electrons. The lowest BCUT2D eigenvalue weighted by Gasteiger charge is -2.14. The van der Waals surface area contributed by atoms with Crippen LogP contribution in [-0.2, 0) is 9.53 Å². The van der Waals surface area contributed by atoms with E-state index in [0.29, 0.717) is 0 Å². The molecule has 8 heteroatoms. The molecule has 1 saturated heterocycles. The summed E-state index contributed by atoms with van der Waals surface area (Å²) in [4.78, 5) is 22.5. The SMILES string of the molecule is O=C1NC(=C(OC(F)(F)F)c2ccccc2)C(=O)S1. The molecule has 0 bridgehead atoms. The van der Waals surface area contributed by atoms with Gasteiger partial charge >= 0.3 is 6.36 Å². The van der Waals surface area contributed by atoms with Crippen molar-refractivity contribution < 1.29 is 27.5 Å². The molecule has 0 spiro atoms. The first kappa shape index (κ1) is 13.5. The summed E-state index contributed by atoms with van der Waals surface area (Å²) in [7, 11) is 0. The number of ether oxygens (including phenoxy) is 1. The van der Waals surface area contributed by atoms with E-state index in [4.69, 9.17) is 0 Å². The topological polar surface area (TPSA) is 55.4 Å². The Morgan fingerprint density at radius 2 is 1.79 bits per heavy atom. The van der Waals surface area contributed by atoms with Crippen LogP contribution >= 0.6 is 11.8 Å². The minimum atomic E-state index is -4.96. The largest absolute Gasteiger partial charge is 0.573 e. The third-order valence-corrected chi connectivity index (χ3v) is 2.77. The Kier molecular flexibility index (Phi) is 3.52. The molecule has 19 heavy (non-hydrogen) atoms. The Balaban J connectivity index is 2.49. The number of nitrogens with one attached hydrogen (secondary N) is 1. The highest BCUT2D eigenvalue weighted by Crippen LogP contribution is 2.32. The van der Waals surface area contributed by atoms with Crippen molar-refractivity contribution >= 4 is 27.9 Å². The summed E-state index contributed by atoms with van der Waals surface area (Å²) in [5, 5.41) is 0.505. The van der Waals surface area contributed by atoms with E-state index in [9.17, 15) is 22.8 Å². The molecule has 1 N–H and O–H groups in total. The van der Waals surface area contributed by atoms with E-state index in [-0.39, 0.29) is 17.3 Å². The van der Waals surface area contributed by atoms with Crippen LogP contribution in [0.25, 0.3) is 5.76 Å². The van der Waals surface area contributed by atoms with Crippen LogP contribution in [0.2, 0.25) is 0 Å². The second kappa shape index (κ2) is 4.96. The van der Waals surface area contributed by atoms with E-state index in [1.54, 1.807) is 6.07 Å². The van der Waals surface area contributed by atoms with Crippen LogP contribution in [0.5, 0.6) is 0 Å². The minimum absolute atomic E-state index is 0.0472. The molecular weight excluding hydrogens is 283 g/mol. The highest BCUT2D eigenvalue weighted by Gasteiger charge is 2.37. The Hall–Kier alpha value is -1.96. The number of halogens is 3. The van der Waals surface area contributed by atoms with Crippen molar-refractivity contribution in [2.24, 2.45) is 0 Å². The fourth-order valence-electron chi connectivity index (χ4n) is 1.42. The van der Waals surface area contributed by atoms with Gasteiger partial charge in [-0.15, -0.1) is 13.2 Å². The third-order valence-electron chi connectivity index (χ3n) is 2.10. The van der Waals surface area contributed by atoms with Crippen LogP contribution in [0.4, 0.5) is 18.0 Å². The molecule has 1 amide bonds. The lowest BCUT2D eigenvalue weighted by atomic mass is 10.1. The van der Waals surface area contributed by atoms with Gasteiger partial charge in [-0.05, 0) is 0 Å². The molecule has 0 aromatic heterocycles. The average Bonchev–Trinajstić information content (AvgIpc) is 2.65. The molecule has 1 aliphatic heterocycles. The summed E-state index contributed by atoms with van der Waals surface area (Å²) in [6, 6.07) is 7.27. The van der Waals surface area contributed by atoms with Crippen LogP contribution in [0.15, 0.2) is 36.0 Å². The lowest BCUT2D eigenvalue weighted by molar-refractivity contribution is -0.290. The Morgan fingerprint density at radius 3 is 2.26 bits per heavy atom. The van der Waals surface area contributed by atoms with Crippen molar-refractivity contribution in [2.45, 2.75) is 6.36 Å². The normalized spacial score (nSPS) is 18.3. The van der Waals surface area contributed by atoms with Crippen LogP contribution in [0.1, 0.15) is 5.56 Å². The number of hydrogen-bond acceptors (Lipinski definition) is 4. The zero-order chi connectivity index (χ0) is 14.0. The summed E-state index contributed by atoms with van der Waals surface area (Å²) in [5.41, 5.74) is -0.454. The Labute approximate surface area is 109 Å². The Morgan fingerprint density at radius 1 is 1.16 bits per heavy atom. The van der Waals surface area contributed by atoms with Gasteiger partial charge < -0.3 is 10.1 Å². The van der Waals surface area contributed by atoms with Crippen LogP contribution in [0.3, 0.4) is 0 Å². The second-order valence-electron chi connectivity index (χ2n) is 3.42. The van der Waals surface area contributed by atoms with Gasteiger partial charge in [0.25, 0.3) is 5.24 Å². The number of alkyl halides is 3. The molecule has 1 aliphatic rings. The van der Waals surface area contributed by atoms with Gasteiger partial charge in [0.2, 0.25) is 5.12 Å². The molecule has 1 fully saturated rings. The highest BCUT2D eigenvalue weighted by atomic mass is 32.2. The summed E-state index contributed by atoms with van der Waals surface area (Å²) in [5.74, 6) is -0.712. The summed E-state index contributed by atoms with van der Waals surface area (Å²) in [6.45, 7) is 0. The van der Waals surface area contributed by atoms with E-state index in [1.807, 2.05) is 0 Å². The van der Waals surface area contributed by atoms with Gasteiger partial charge in [-0.2, -0.15) is 0 Å². The number of carbonyl (C=O) groups excluding carboxylic acids is 2. The molecule has 1 aromatic carbocycles. The summed E-state index contributed by atoms with van der Waals surface area (Å²) in [6.07, 6.45) is -4.96. The number of carbonyl (C=O) groups is 2. The molecule has 1 aromatic rings. The Bertz CT molecular complexity index is 554. The quantitative estimate of drug-likeness (QED) is 0.672. The van der Waals surface area contributed by atoms with Gasteiger partial charge in [0.1, 0.15) is 5.70 Å². The maximum Gasteiger partial charge on any atom is 0.573 e. The lowest BCUT2D eigenvalue weighted by Crippen LogP contribution is -2.19. The molecule has 0 aliphatic carbocycles. The van der Waals surface area contributed by atoms with Crippen LogP contribution < -0.4 is 5.32 Å². The van der Waals surface area contributed by atoms with Crippen molar-refractivity contribution in [3.05, 3.63) is 41.6 Å². The molecule has 0 atom stereocenters. The fraction of sp³-hybridized carbons (Fsp3) is 0.0909. The molecule has 0 radical (unpaired) electrons. The fourth-order valence-corrected chi connectivity index (χ4v) is 1.99. The predicted octanol–water partition coefficient (Wildman–Crippen LogP) is 2.87. The standard InChI is InChI=1S/C11H6F3NO3S/c12-11(13,14)18-8(6-4-2-1-3-5-6)7-9(16)19-10(17)15-7/h1-5H,(H,15,17). The maximum atomic E-state index is 12.4. The van der Waals surface area contributed by atoms with Gasteiger partial charge in [0.15, 0.2) is 5.76 Å². The smallest absolute Gasteiger partial charge is 0.403 e. The molecule has 4 nitrogen and oxygen atoms in total. The summed E-state index contributed by atoms with van der Waals surface area (Å²) >= 11 is 0.283. The summed E-state index contributed by atoms with van der Waals surface area (Å²) < 4.78 is 41.0. The number of benzene rings is 1. The first-order valence-electron chi connectivity index (χ1n) is 4.95. The first-order valence-corrected chi connectivity index (χ1v) is 5.77. The van der Waals surface area contributed by atoms with Gasteiger partial charge in [0.05, 0.1) is 0 Å². The van der Waals surface area contributed by atoms with E-state index in [0.717, 1.165) is 0 Å². The van der Waals surface area contributed by atoms with Crippen LogP contribution in [0, 0.1) is 0 Å². The van der Waals surface area contributed by atoms with Crippen LogP contribution in [-0.4, -0.2) is 16.7 Å². The third kappa shape index (κ3) is 3.28. The van der Waals surface area contributed by atoms with Crippen molar-refractivity contribution in [1.82, 2.24) is 5.32 Å². The van der Waals surface area contributed by atoms with E-state index >= 15 is 0 Å². The highest BCUT2D eigenvalue weighted by molar-refractivity contribution is 8.27. The number of amides is 1. The van der Waals surface area contributed by atoms with E-state index in [1.165, 1.54) is 24.3 Å². The maximum absolute atomic E-state index is 12.4. The number of thioether (sulfide) groups is 1. The van der Waals surface area contributed by atoms with Crippen molar-refractivity contribution in [3.8, 4) is 0 Å². The van der Waals surface area contributed by atoms with Crippen molar-refractivity contribution in [3.63, 3.8) is 0 Å². The minimum Gasteiger partial charge on any atom is -0.403 e. The van der Waals surface area contributed by atoms with Gasteiger partial charge in [-0.1, -0.05) is 30.3 Å². The second-order valence-corrected chi connectivity index (χ2v) is 4.37. The average molecular weight is 289 g/mol. The first-order chi connectivity index (χ1) is 8.87. The molecular formula is C11H6F3NO3S. The predicted molar refractivity (Wildman–Crippen MR) is 61.6 cm³/mol. The monoisotopic (exact) mass is 289 g/mol. The van der Waals surface area contributed by atoms with E-state index in [2.05, 4.69) is 10.1 Å². The van der Waals surface area contributed by atoms with Gasteiger partial charge in [0, 0.05) is 17.3 Å². The number of hydrogen-bond donors (Lipinski definition) is 1.